The summed E-state index contributed by atoms with van der Waals surface area (Å²) in [5.41, 5.74) is 6.55. The number of aromatic nitrogens is 2. The van der Waals surface area contributed by atoms with Crippen LogP contribution in [0.2, 0.25) is 0 Å². The molecule has 0 radical (unpaired) electrons. The van der Waals surface area contributed by atoms with E-state index in [1.165, 1.54) is 16.2 Å². The number of thiazole rings is 1. The first-order valence-corrected chi connectivity index (χ1v) is 5.83. The van der Waals surface area contributed by atoms with E-state index in [0.717, 1.165) is 5.76 Å². The van der Waals surface area contributed by atoms with Crippen LogP contribution in [0, 0.1) is 6.92 Å². The van der Waals surface area contributed by atoms with Crippen molar-refractivity contribution in [3.63, 3.8) is 0 Å². The highest BCUT2D eigenvalue weighted by molar-refractivity contribution is 7.13. The molecule has 2 aromatic rings. The molecule has 0 fully saturated rings. The Morgan fingerprint density at radius 1 is 1.65 bits per heavy atom. The van der Waals surface area contributed by atoms with Crippen LogP contribution in [0.1, 0.15) is 21.9 Å². The normalized spacial score (nSPS) is 10.5. The first-order chi connectivity index (χ1) is 8.06. The Bertz CT molecular complexity index is 534. The predicted molar refractivity (Wildman–Crippen MR) is 63.6 cm³/mol. The van der Waals surface area contributed by atoms with Gasteiger partial charge in [-0.2, -0.15) is 0 Å². The number of hydrogen-bond acceptors (Lipinski definition) is 6. The highest BCUT2D eigenvalue weighted by Crippen LogP contribution is 2.14. The van der Waals surface area contributed by atoms with E-state index in [1.807, 2.05) is 0 Å². The third kappa shape index (κ3) is 2.62. The quantitative estimate of drug-likeness (QED) is 0.889. The minimum Gasteiger partial charge on any atom is -0.375 e. The van der Waals surface area contributed by atoms with E-state index in [-0.39, 0.29) is 5.91 Å². The first-order valence-electron chi connectivity index (χ1n) is 4.95. The molecule has 2 aromatic heterocycles. The maximum atomic E-state index is 11.9. The molecule has 17 heavy (non-hydrogen) atoms. The van der Waals surface area contributed by atoms with Crippen molar-refractivity contribution < 1.29 is 9.32 Å². The van der Waals surface area contributed by atoms with Crippen LogP contribution in [-0.2, 0) is 6.54 Å². The van der Waals surface area contributed by atoms with Gasteiger partial charge in [-0.15, -0.1) is 11.3 Å². The van der Waals surface area contributed by atoms with Crippen LogP contribution in [0.4, 0.5) is 5.13 Å². The van der Waals surface area contributed by atoms with Crippen molar-refractivity contribution in [2.75, 3.05) is 12.8 Å². The van der Waals surface area contributed by atoms with Gasteiger partial charge in [0.2, 0.25) is 0 Å². The second-order valence-electron chi connectivity index (χ2n) is 3.66. The molecule has 90 valence electrons. The molecular weight excluding hydrogens is 240 g/mol. The third-order valence-corrected chi connectivity index (χ3v) is 2.84. The fourth-order valence-electron chi connectivity index (χ4n) is 1.39. The van der Waals surface area contributed by atoms with E-state index in [0.29, 0.717) is 23.1 Å². The maximum absolute atomic E-state index is 11.9. The second kappa shape index (κ2) is 4.54. The van der Waals surface area contributed by atoms with Crippen LogP contribution in [0.25, 0.3) is 0 Å². The Kier molecular flexibility index (Phi) is 3.10. The molecule has 0 aliphatic carbocycles. The Hall–Kier alpha value is -1.89. The molecule has 7 heteroatoms. The smallest absolute Gasteiger partial charge is 0.273 e. The highest BCUT2D eigenvalue weighted by atomic mass is 32.1. The van der Waals surface area contributed by atoms with Gasteiger partial charge in [0.15, 0.2) is 5.13 Å². The summed E-state index contributed by atoms with van der Waals surface area (Å²) in [5.74, 6) is 0.539. The molecule has 1 amide bonds. The monoisotopic (exact) mass is 252 g/mol. The van der Waals surface area contributed by atoms with E-state index in [2.05, 4.69) is 10.1 Å². The summed E-state index contributed by atoms with van der Waals surface area (Å²) in [6.07, 6.45) is 0. The van der Waals surface area contributed by atoms with E-state index in [1.54, 1.807) is 25.4 Å². The minimum absolute atomic E-state index is 0.182. The second-order valence-corrected chi connectivity index (χ2v) is 4.55. The van der Waals surface area contributed by atoms with Crippen LogP contribution in [0.15, 0.2) is 16.0 Å². The average molecular weight is 252 g/mol. The molecule has 0 aliphatic rings. The molecule has 2 N–H and O–H groups in total. The van der Waals surface area contributed by atoms with Crippen LogP contribution < -0.4 is 5.73 Å². The zero-order valence-corrected chi connectivity index (χ0v) is 10.3. The van der Waals surface area contributed by atoms with E-state index in [4.69, 9.17) is 10.3 Å². The molecule has 0 aromatic carbocycles. The van der Waals surface area contributed by atoms with Gasteiger partial charge in [-0.05, 0) is 6.92 Å². The molecule has 6 nitrogen and oxygen atoms in total. The van der Waals surface area contributed by atoms with Crippen molar-refractivity contribution >= 4 is 22.4 Å². The van der Waals surface area contributed by atoms with E-state index < -0.39 is 0 Å². The number of nitrogens with zero attached hydrogens (tertiary/aromatic N) is 3. The molecule has 0 atom stereocenters. The van der Waals surface area contributed by atoms with Crippen molar-refractivity contribution in [2.24, 2.45) is 0 Å². The summed E-state index contributed by atoms with van der Waals surface area (Å²) < 4.78 is 4.93. The molecule has 0 saturated heterocycles. The summed E-state index contributed by atoms with van der Waals surface area (Å²) >= 11 is 1.25. The van der Waals surface area contributed by atoms with Crippen molar-refractivity contribution in [1.29, 1.82) is 0 Å². The van der Waals surface area contributed by atoms with Gasteiger partial charge in [0, 0.05) is 18.5 Å². The van der Waals surface area contributed by atoms with Gasteiger partial charge >= 0.3 is 0 Å². The largest absolute Gasteiger partial charge is 0.375 e. The SMILES string of the molecule is Cc1cc(CN(C)C(=O)c2csc(N)n2)no1. The Balaban J connectivity index is 2.05. The zero-order chi connectivity index (χ0) is 12.4. The zero-order valence-electron chi connectivity index (χ0n) is 9.51. The summed E-state index contributed by atoms with van der Waals surface area (Å²) in [6, 6.07) is 1.79. The molecule has 0 bridgehead atoms. The van der Waals surface area contributed by atoms with E-state index >= 15 is 0 Å². The van der Waals surface area contributed by atoms with Crippen LogP contribution >= 0.6 is 11.3 Å². The van der Waals surface area contributed by atoms with Gasteiger partial charge in [0.25, 0.3) is 5.91 Å². The van der Waals surface area contributed by atoms with Crippen molar-refractivity contribution in [3.05, 3.63) is 28.6 Å². The third-order valence-electron chi connectivity index (χ3n) is 2.16. The molecule has 0 saturated carbocycles. The molecule has 0 unspecified atom stereocenters. The Morgan fingerprint density at radius 2 is 2.41 bits per heavy atom. The Morgan fingerprint density at radius 3 is 2.94 bits per heavy atom. The number of nitrogens with two attached hydrogens (primary N) is 1. The number of carbonyl (C=O) groups excluding carboxylic acids is 1. The molecular formula is C10H12N4O2S. The molecule has 2 heterocycles. The molecule has 0 spiro atoms. The van der Waals surface area contributed by atoms with Crippen molar-refractivity contribution in [3.8, 4) is 0 Å². The van der Waals surface area contributed by atoms with Crippen LogP contribution in [0.3, 0.4) is 0 Å². The highest BCUT2D eigenvalue weighted by Gasteiger charge is 2.16. The number of aryl methyl sites for hydroxylation is 1. The van der Waals surface area contributed by atoms with E-state index in [9.17, 15) is 4.79 Å². The molecule has 0 aliphatic heterocycles. The van der Waals surface area contributed by atoms with Crippen LogP contribution in [-0.4, -0.2) is 28.0 Å². The van der Waals surface area contributed by atoms with Gasteiger partial charge < -0.3 is 15.2 Å². The van der Waals surface area contributed by atoms with Crippen molar-refractivity contribution in [2.45, 2.75) is 13.5 Å². The standard InChI is InChI=1S/C10H12N4O2S/c1-6-3-7(13-16-6)4-14(2)9(15)8-5-17-10(11)12-8/h3,5H,4H2,1-2H3,(H2,11,12). The summed E-state index contributed by atoms with van der Waals surface area (Å²) in [5, 5.41) is 5.85. The molecule has 2 rings (SSSR count). The summed E-state index contributed by atoms with van der Waals surface area (Å²) in [4.78, 5) is 17.4. The number of nitrogen functional groups attached to an aromatic ring is 1. The average Bonchev–Trinajstić information content (AvgIpc) is 2.87. The number of amides is 1. The summed E-state index contributed by atoms with van der Waals surface area (Å²) in [7, 11) is 1.68. The van der Waals surface area contributed by atoms with Gasteiger partial charge in [-0.3, -0.25) is 4.79 Å². The lowest BCUT2D eigenvalue weighted by molar-refractivity contribution is 0.0777. The fraction of sp³-hybridized carbons (Fsp3) is 0.300. The lowest BCUT2D eigenvalue weighted by Crippen LogP contribution is -2.26. The number of carbonyl (C=O) groups is 1. The van der Waals surface area contributed by atoms with Gasteiger partial charge in [0.05, 0.1) is 6.54 Å². The Labute approximate surface area is 102 Å². The van der Waals surface area contributed by atoms with Gasteiger partial charge in [0.1, 0.15) is 17.1 Å². The fourth-order valence-corrected chi connectivity index (χ4v) is 1.93. The topological polar surface area (TPSA) is 85.2 Å². The lowest BCUT2D eigenvalue weighted by atomic mass is 10.3. The predicted octanol–water partition coefficient (Wildman–Crippen LogP) is 1.29. The maximum Gasteiger partial charge on any atom is 0.273 e. The number of hydrogen-bond donors (Lipinski definition) is 1. The van der Waals surface area contributed by atoms with Crippen molar-refractivity contribution in [1.82, 2.24) is 15.0 Å². The lowest BCUT2D eigenvalue weighted by Gasteiger charge is -2.13. The number of anilines is 1. The van der Waals surface area contributed by atoms with Gasteiger partial charge in [-0.1, -0.05) is 5.16 Å². The number of rotatable bonds is 3. The first kappa shape index (κ1) is 11.6. The summed E-state index contributed by atoms with van der Waals surface area (Å²) in [6.45, 7) is 2.19. The minimum atomic E-state index is -0.182. The van der Waals surface area contributed by atoms with Gasteiger partial charge in [-0.25, -0.2) is 4.98 Å². The van der Waals surface area contributed by atoms with Crippen LogP contribution in [0.5, 0.6) is 0 Å².